The number of nitro groups is 1. The summed E-state index contributed by atoms with van der Waals surface area (Å²) in [6.45, 7) is 38.0. The lowest BCUT2D eigenvalue weighted by molar-refractivity contribution is -0.383. The minimum absolute atomic E-state index is 0.0235. The Morgan fingerprint density at radius 3 is 1.11 bits per heavy atom. The number of halogens is 1. The number of hydrogen-bond donors (Lipinski definition) is 6. The Kier molecular flexibility index (Phi) is 33.6. The number of nitro benzene ring substituents is 1. The van der Waals surface area contributed by atoms with Gasteiger partial charge in [0.15, 0.2) is 11.6 Å². The highest BCUT2D eigenvalue weighted by molar-refractivity contribution is 9.10. The molecule has 2 fully saturated rings. The van der Waals surface area contributed by atoms with Gasteiger partial charge in [0.2, 0.25) is 0 Å². The fourth-order valence-electron chi connectivity index (χ4n) is 13.0. The van der Waals surface area contributed by atoms with Gasteiger partial charge in [0.1, 0.15) is 39.5 Å². The molecule has 2 aliphatic heterocycles. The van der Waals surface area contributed by atoms with Crippen LogP contribution in [0, 0.1) is 44.7 Å². The van der Waals surface area contributed by atoms with Crippen LogP contribution in [0.4, 0.5) is 64.7 Å². The van der Waals surface area contributed by atoms with Crippen molar-refractivity contribution in [3.63, 3.8) is 0 Å². The van der Waals surface area contributed by atoms with Crippen molar-refractivity contribution in [3.8, 4) is 44.5 Å². The molecular formula is C101H117BrN12O12. The number of benzene rings is 9. The van der Waals surface area contributed by atoms with E-state index in [0.29, 0.717) is 71.4 Å². The topological polar surface area (TPSA) is 318 Å². The molecule has 8 N–H and O–H groups in total. The number of carbonyl (C=O) groups excluding carboxylic acids is 6. The molecule has 4 amide bonds. The highest BCUT2D eigenvalue weighted by Gasteiger charge is 2.29. The minimum atomic E-state index is -0.728. The van der Waals surface area contributed by atoms with Crippen molar-refractivity contribution in [1.29, 1.82) is 0 Å². The first-order valence-corrected chi connectivity index (χ1v) is 42.6. The lowest BCUT2D eigenvalue weighted by atomic mass is 9.97. The van der Waals surface area contributed by atoms with Gasteiger partial charge < -0.3 is 50.4 Å². The lowest BCUT2D eigenvalue weighted by Crippen LogP contribution is -2.50. The van der Waals surface area contributed by atoms with Crippen LogP contribution in [0.2, 0.25) is 0 Å². The molecule has 0 unspecified atom stereocenters. The fourth-order valence-corrected chi connectivity index (χ4v) is 13.2. The second kappa shape index (κ2) is 43.9. The quantitative estimate of drug-likeness (QED) is 0.0172. The second-order valence-electron chi connectivity index (χ2n) is 34.9. The minimum Gasteiger partial charge on any atom is -0.444 e. The number of anilines is 7. The second-order valence-corrected chi connectivity index (χ2v) is 35.8. The number of rotatable bonds is 16. The maximum atomic E-state index is 13.4. The van der Waals surface area contributed by atoms with E-state index in [1.165, 1.54) is 28.8 Å². The van der Waals surface area contributed by atoms with Crippen molar-refractivity contribution >= 4 is 97.4 Å². The van der Waals surface area contributed by atoms with Gasteiger partial charge in [0, 0.05) is 87.1 Å². The average molecular weight is 1770 g/mol. The molecule has 24 nitrogen and oxygen atoms in total. The van der Waals surface area contributed by atoms with E-state index in [-0.39, 0.29) is 41.9 Å². The van der Waals surface area contributed by atoms with E-state index >= 15 is 0 Å². The smallest absolute Gasteiger partial charge is 0.412 e. The summed E-state index contributed by atoms with van der Waals surface area (Å²) in [5.41, 5.74) is 29.9. The number of amides is 4. The molecule has 0 spiro atoms. The van der Waals surface area contributed by atoms with Crippen molar-refractivity contribution in [2.75, 3.05) is 89.6 Å². The maximum Gasteiger partial charge on any atom is 0.412 e. The highest BCUT2D eigenvalue weighted by atomic mass is 79.9. The average Bonchev–Trinajstić information content (AvgIpc) is 0.838. The van der Waals surface area contributed by atoms with Gasteiger partial charge in [-0.05, 0) is 252 Å². The number of carbonyl (C=O) groups is 6. The van der Waals surface area contributed by atoms with Crippen LogP contribution in [0.3, 0.4) is 0 Å². The zero-order valence-electron chi connectivity index (χ0n) is 75.1. The molecule has 2 aromatic heterocycles. The number of nitrogens with one attached hydrogen (secondary N) is 4. The number of ether oxygens (including phenoxy) is 4. The Hall–Kier alpha value is -13.3. The Bertz CT molecular complexity index is 5520. The molecule has 0 atom stereocenters. The third-order valence-electron chi connectivity index (χ3n) is 19.5. The Morgan fingerprint density at radius 2 is 0.730 bits per heavy atom. The van der Waals surface area contributed by atoms with E-state index < -0.39 is 45.6 Å². The number of aryl methyl sites for hydroxylation is 5. The van der Waals surface area contributed by atoms with Crippen molar-refractivity contribution < 1.29 is 52.6 Å². The molecule has 11 aromatic rings. The number of aromatic nitrogens is 2. The van der Waals surface area contributed by atoms with E-state index in [1.807, 2.05) is 196 Å². The largest absolute Gasteiger partial charge is 0.444 e. The predicted molar refractivity (Wildman–Crippen MR) is 510 cm³/mol. The molecule has 2 saturated heterocycles. The van der Waals surface area contributed by atoms with Crippen LogP contribution in [0.25, 0.3) is 44.5 Å². The third kappa shape index (κ3) is 31.2. The van der Waals surface area contributed by atoms with Crippen molar-refractivity contribution in [1.82, 2.24) is 20.2 Å². The van der Waals surface area contributed by atoms with Crippen molar-refractivity contribution in [2.24, 2.45) is 0 Å². The summed E-state index contributed by atoms with van der Waals surface area (Å²) in [5, 5.41) is 22.6. The van der Waals surface area contributed by atoms with Gasteiger partial charge >= 0.3 is 24.4 Å². The lowest BCUT2D eigenvalue weighted by Gasteiger charge is -2.36. The van der Waals surface area contributed by atoms with Crippen LogP contribution in [-0.4, -0.2) is 130 Å². The number of Topliss-reactive ketones (excluding diaryl/α,β-unsaturated/α-hetero) is 2. The molecular weight excluding hydrogens is 1650 g/mol. The summed E-state index contributed by atoms with van der Waals surface area (Å²) in [5.74, 6) is -0.195. The van der Waals surface area contributed by atoms with E-state index in [1.54, 1.807) is 83.1 Å². The van der Waals surface area contributed by atoms with Crippen LogP contribution in [0.5, 0.6) is 0 Å². The monoisotopic (exact) mass is 1770 g/mol. The molecule has 9 aromatic carbocycles. The van der Waals surface area contributed by atoms with E-state index in [0.717, 1.165) is 97.7 Å². The molecule has 0 saturated carbocycles. The van der Waals surface area contributed by atoms with Crippen molar-refractivity contribution in [3.05, 3.63) is 296 Å². The predicted octanol–water partition coefficient (Wildman–Crippen LogP) is 22.6. The van der Waals surface area contributed by atoms with E-state index in [2.05, 4.69) is 119 Å². The molecule has 0 aliphatic carbocycles. The molecule has 0 bridgehead atoms. The van der Waals surface area contributed by atoms with Crippen LogP contribution >= 0.6 is 15.9 Å². The Labute approximate surface area is 748 Å². The van der Waals surface area contributed by atoms with E-state index in [9.17, 15) is 38.9 Å². The SMILES string of the molecule is Cc1ccc(-c2ccc(N)c(CC(=O)c3ccc(N4CCNCC4)cn3)c2)cc1.Cc1ccc(-c2ccc(NC(=O)OC(C)(C)C)c(CC(=O)c3ccc(N4CCN(C(=O)OC(C)(C)C)CC4)cn3)c2)cc1.Cc1ccc(-c2ccc(NC(=O)OC(C)(C)C)c(N)c2)cc1.Cc1ccc(-c2ccc(NC(=O)OC(C)(C)C)c([N+](=O)[O-])c2)cc1.Cc1ccc(Br)cc1. The van der Waals surface area contributed by atoms with Crippen LogP contribution in [0.1, 0.15) is 143 Å². The first kappa shape index (κ1) is 96.6. The van der Waals surface area contributed by atoms with Gasteiger partial charge in [-0.1, -0.05) is 177 Å². The molecule has 13 rings (SSSR count). The zero-order valence-corrected chi connectivity index (χ0v) is 76.7. The molecule has 25 heteroatoms. The number of pyridine rings is 2. The number of piperazine rings is 2. The number of nitrogen functional groups attached to an aromatic ring is 2. The summed E-state index contributed by atoms with van der Waals surface area (Å²) in [4.78, 5) is 101. The summed E-state index contributed by atoms with van der Waals surface area (Å²) in [6.07, 6.45) is 1.65. The zero-order chi connectivity index (χ0) is 91.8. The fraction of sp³-hybridized carbons (Fsp3) is 0.307. The number of nitrogens with zero attached hydrogens (tertiary/aromatic N) is 6. The normalized spacial score (nSPS) is 12.6. The van der Waals surface area contributed by atoms with Gasteiger partial charge in [-0.25, -0.2) is 19.2 Å². The summed E-state index contributed by atoms with van der Waals surface area (Å²) in [6, 6.07) is 69.7. The van der Waals surface area contributed by atoms with Gasteiger partial charge in [-0.15, -0.1) is 0 Å². The first-order valence-electron chi connectivity index (χ1n) is 41.8. The van der Waals surface area contributed by atoms with E-state index in [4.69, 9.17) is 30.4 Å². The molecule has 2 aliphatic rings. The summed E-state index contributed by atoms with van der Waals surface area (Å²) in [7, 11) is 0. The van der Waals surface area contributed by atoms with Crippen LogP contribution < -0.4 is 42.5 Å². The molecule has 0 radical (unpaired) electrons. The Morgan fingerprint density at radius 1 is 0.397 bits per heavy atom. The van der Waals surface area contributed by atoms with Gasteiger partial charge in [0.05, 0.1) is 40.1 Å². The van der Waals surface area contributed by atoms with Gasteiger partial charge in [-0.2, -0.15) is 0 Å². The maximum absolute atomic E-state index is 13.4. The molecule has 126 heavy (non-hydrogen) atoms. The highest BCUT2D eigenvalue weighted by Crippen LogP contribution is 2.35. The number of ketones is 2. The van der Waals surface area contributed by atoms with Gasteiger partial charge in [-0.3, -0.25) is 45.6 Å². The number of hydrogen-bond acceptors (Lipinski definition) is 19. The van der Waals surface area contributed by atoms with Crippen LogP contribution in [-0.2, 0) is 31.8 Å². The summed E-state index contributed by atoms with van der Waals surface area (Å²) >= 11 is 3.35. The third-order valence-corrected chi connectivity index (χ3v) is 20.0. The van der Waals surface area contributed by atoms with Crippen LogP contribution in [0.15, 0.2) is 235 Å². The van der Waals surface area contributed by atoms with Crippen molar-refractivity contribution in [2.45, 2.75) is 153 Å². The van der Waals surface area contributed by atoms with Gasteiger partial charge in [0.25, 0.3) is 5.69 Å². The Balaban J connectivity index is 0.000000190. The molecule has 4 heterocycles. The summed E-state index contributed by atoms with van der Waals surface area (Å²) < 4.78 is 22.4. The molecule has 660 valence electrons. The first-order chi connectivity index (χ1) is 59.4. The standard InChI is InChI=1S/C34H42N4O5.C24H26N4O.C18H20N2O4.C18H22N2O2.C7H7Br/c1-23-8-10-24(11-9-23)25-12-14-28(36-31(40)42-33(2,3)4)26(20-25)21-30(39)29-15-13-27(22-35-29)37-16-18-38(19-17-37)32(41)43-34(5,6)7;1-17-2-4-18(5-3-17)19-6-8-22(25)20(14-19)15-24(29)23-9-7-21(16-27-23)28-12-10-26-11-13-28;1-12-5-7-13(8-6-12)14-9-10-15(16(11-14)20(22)23)19-17(21)24-18(2,3)4;1-12-5-7-13(8-6-12)14-9-10-16(15(19)11-14)20-17(21)22-18(2,3)4;1-6-2-4-7(8)5-3-6/h8-15,20,22H,16-19,21H2,1-7H3,(H,36,40);2-9,14,16,26H,10-13,15,25H2,1H3;5-11H,1-4H3,(H,19,21);5-11H,19H2,1-4H3,(H,20,21);2-5H,1H3. The number of nitrogens with two attached hydrogens (primary N) is 2.